The molecule has 3 unspecified atom stereocenters. The average Bonchev–Trinajstić information content (AvgIpc) is 3.30. The Morgan fingerprint density at radius 1 is 1.09 bits per heavy atom. The van der Waals surface area contributed by atoms with Crippen LogP contribution in [0.5, 0.6) is 5.75 Å². The topological polar surface area (TPSA) is 50.4 Å². The summed E-state index contributed by atoms with van der Waals surface area (Å²) in [5.74, 6) is 0.903. The van der Waals surface area contributed by atoms with E-state index >= 15 is 0 Å². The lowest BCUT2D eigenvalue weighted by molar-refractivity contribution is 0.102. The Bertz CT molecular complexity index is 1160. The highest BCUT2D eigenvalue weighted by atomic mass is 19.1. The van der Waals surface area contributed by atoms with Crippen molar-refractivity contribution in [2.75, 3.05) is 17.2 Å². The molecule has 0 fully saturated rings. The van der Waals surface area contributed by atoms with Crippen LogP contribution in [0, 0.1) is 11.7 Å². The number of nitrogens with one attached hydrogen (secondary N) is 2. The molecule has 3 aromatic carbocycles. The van der Waals surface area contributed by atoms with Crippen LogP contribution in [0.15, 0.2) is 78.9 Å². The molecule has 0 saturated heterocycles. The van der Waals surface area contributed by atoms with Crippen molar-refractivity contribution in [2.24, 2.45) is 5.92 Å². The standard InChI is InChI=1S/C27H25FN2O2/c1-2-32-20-15-13-19(14-16-20)29-27(31)24-8-4-7-23-21-5-3-6-22(21)25(30-26(23)24)17-9-11-18(28)12-10-17/h3-5,7-16,21-22,25,30H,2,6H2,1H3,(H,29,31). The van der Waals surface area contributed by atoms with Gasteiger partial charge in [0.25, 0.3) is 5.91 Å². The van der Waals surface area contributed by atoms with Gasteiger partial charge in [-0.3, -0.25) is 4.79 Å². The van der Waals surface area contributed by atoms with Gasteiger partial charge in [0.15, 0.2) is 0 Å². The molecule has 32 heavy (non-hydrogen) atoms. The molecule has 0 bridgehead atoms. The van der Waals surface area contributed by atoms with E-state index in [4.69, 9.17) is 4.74 Å². The molecule has 1 aliphatic carbocycles. The molecule has 0 aromatic heterocycles. The Kier molecular flexibility index (Phi) is 5.39. The normalized spacial score (nSPS) is 20.8. The Labute approximate surface area is 187 Å². The zero-order valence-electron chi connectivity index (χ0n) is 17.8. The third-order valence-corrected chi connectivity index (χ3v) is 6.29. The van der Waals surface area contributed by atoms with Crippen molar-refractivity contribution in [1.82, 2.24) is 0 Å². The maximum Gasteiger partial charge on any atom is 0.257 e. The molecule has 1 heterocycles. The summed E-state index contributed by atoms with van der Waals surface area (Å²) in [6.07, 6.45) is 5.38. The van der Waals surface area contributed by atoms with Crippen LogP contribution < -0.4 is 15.4 Å². The summed E-state index contributed by atoms with van der Waals surface area (Å²) in [7, 11) is 0. The zero-order chi connectivity index (χ0) is 22.1. The van der Waals surface area contributed by atoms with Crippen molar-refractivity contribution in [2.45, 2.75) is 25.3 Å². The van der Waals surface area contributed by atoms with Gasteiger partial charge in [0.05, 0.1) is 23.9 Å². The van der Waals surface area contributed by atoms with E-state index in [9.17, 15) is 9.18 Å². The third-order valence-electron chi connectivity index (χ3n) is 6.29. The van der Waals surface area contributed by atoms with Crippen LogP contribution in [-0.4, -0.2) is 12.5 Å². The number of hydrogen-bond acceptors (Lipinski definition) is 3. The summed E-state index contributed by atoms with van der Waals surface area (Å²) in [4.78, 5) is 13.2. The van der Waals surface area contributed by atoms with Crippen molar-refractivity contribution in [3.05, 3.63) is 101 Å². The van der Waals surface area contributed by atoms with Gasteiger partial charge in [-0.05, 0) is 72.9 Å². The monoisotopic (exact) mass is 428 g/mol. The molecule has 5 rings (SSSR count). The Morgan fingerprint density at radius 3 is 2.62 bits per heavy atom. The summed E-state index contributed by atoms with van der Waals surface area (Å²) in [6.45, 7) is 2.53. The van der Waals surface area contributed by atoms with Gasteiger partial charge >= 0.3 is 0 Å². The van der Waals surface area contributed by atoms with Gasteiger partial charge in [0, 0.05) is 11.6 Å². The number of benzene rings is 3. The quantitative estimate of drug-likeness (QED) is 0.469. The van der Waals surface area contributed by atoms with E-state index in [-0.39, 0.29) is 23.7 Å². The predicted molar refractivity (Wildman–Crippen MR) is 125 cm³/mol. The first-order valence-corrected chi connectivity index (χ1v) is 11.0. The maximum atomic E-state index is 13.5. The molecule has 0 spiro atoms. The van der Waals surface area contributed by atoms with Crippen LogP contribution >= 0.6 is 0 Å². The lowest BCUT2D eigenvalue weighted by Crippen LogP contribution is -2.30. The molecular formula is C27H25FN2O2. The molecule has 5 heteroatoms. The minimum Gasteiger partial charge on any atom is -0.494 e. The fraction of sp³-hybridized carbons (Fsp3) is 0.222. The van der Waals surface area contributed by atoms with E-state index in [1.807, 2.05) is 55.5 Å². The van der Waals surface area contributed by atoms with Crippen molar-refractivity contribution in [1.29, 1.82) is 0 Å². The number of hydrogen-bond donors (Lipinski definition) is 2. The van der Waals surface area contributed by atoms with E-state index < -0.39 is 0 Å². The molecular weight excluding hydrogens is 403 g/mol. The van der Waals surface area contributed by atoms with Crippen LogP contribution in [0.25, 0.3) is 0 Å². The van der Waals surface area contributed by atoms with Gasteiger partial charge in [0.1, 0.15) is 11.6 Å². The van der Waals surface area contributed by atoms with E-state index in [0.717, 1.165) is 29.0 Å². The first-order chi connectivity index (χ1) is 15.6. The summed E-state index contributed by atoms with van der Waals surface area (Å²) < 4.78 is 19.0. The maximum absolute atomic E-state index is 13.5. The van der Waals surface area contributed by atoms with E-state index in [1.54, 1.807) is 0 Å². The second-order valence-corrected chi connectivity index (χ2v) is 8.21. The van der Waals surface area contributed by atoms with Crippen LogP contribution in [0.3, 0.4) is 0 Å². The van der Waals surface area contributed by atoms with E-state index in [2.05, 4.69) is 28.9 Å². The molecule has 162 valence electrons. The van der Waals surface area contributed by atoms with Crippen LogP contribution in [0.1, 0.15) is 46.8 Å². The molecule has 1 amide bonds. The van der Waals surface area contributed by atoms with Crippen molar-refractivity contribution in [3.63, 3.8) is 0 Å². The third kappa shape index (κ3) is 3.75. The van der Waals surface area contributed by atoms with Crippen LogP contribution in [0.4, 0.5) is 15.8 Å². The highest BCUT2D eigenvalue weighted by Gasteiger charge is 2.39. The number of para-hydroxylation sites is 1. The van der Waals surface area contributed by atoms with Gasteiger partial charge < -0.3 is 15.4 Å². The van der Waals surface area contributed by atoms with Crippen LogP contribution in [0.2, 0.25) is 0 Å². The Morgan fingerprint density at radius 2 is 1.88 bits per heavy atom. The molecule has 4 nitrogen and oxygen atoms in total. The number of allylic oxidation sites excluding steroid dienone is 2. The number of fused-ring (bicyclic) bond motifs is 3. The van der Waals surface area contributed by atoms with E-state index in [0.29, 0.717) is 23.8 Å². The Hall–Kier alpha value is -3.60. The van der Waals surface area contributed by atoms with Gasteiger partial charge in [-0.1, -0.05) is 36.4 Å². The Balaban J connectivity index is 1.46. The second kappa shape index (κ2) is 8.50. The molecule has 2 N–H and O–H groups in total. The number of carbonyl (C=O) groups is 1. The summed E-state index contributed by atoms with van der Waals surface area (Å²) in [5, 5.41) is 6.62. The van der Waals surface area contributed by atoms with Gasteiger partial charge in [-0.15, -0.1) is 0 Å². The summed E-state index contributed by atoms with van der Waals surface area (Å²) in [5.41, 5.74) is 4.31. The number of rotatable bonds is 5. The molecule has 3 atom stereocenters. The summed E-state index contributed by atoms with van der Waals surface area (Å²) >= 11 is 0. The van der Waals surface area contributed by atoms with Gasteiger partial charge in [0.2, 0.25) is 0 Å². The summed E-state index contributed by atoms with van der Waals surface area (Å²) in [6, 6.07) is 19.9. The first-order valence-electron chi connectivity index (χ1n) is 11.0. The molecule has 2 aliphatic rings. The highest BCUT2D eigenvalue weighted by molar-refractivity contribution is 6.08. The second-order valence-electron chi connectivity index (χ2n) is 8.21. The molecule has 3 aromatic rings. The zero-order valence-corrected chi connectivity index (χ0v) is 17.8. The first kappa shape index (κ1) is 20.3. The predicted octanol–water partition coefficient (Wildman–Crippen LogP) is 6.30. The van der Waals surface area contributed by atoms with Crippen LogP contribution in [-0.2, 0) is 0 Å². The average molecular weight is 429 g/mol. The number of anilines is 2. The largest absolute Gasteiger partial charge is 0.494 e. The molecule has 1 aliphatic heterocycles. The highest BCUT2D eigenvalue weighted by Crippen LogP contribution is 2.50. The smallest absolute Gasteiger partial charge is 0.257 e. The number of halogens is 1. The van der Waals surface area contributed by atoms with Crippen molar-refractivity contribution >= 4 is 17.3 Å². The fourth-order valence-electron chi connectivity index (χ4n) is 4.81. The van der Waals surface area contributed by atoms with Crippen molar-refractivity contribution < 1.29 is 13.9 Å². The fourth-order valence-corrected chi connectivity index (χ4v) is 4.81. The van der Waals surface area contributed by atoms with Gasteiger partial charge in [-0.25, -0.2) is 4.39 Å². The van der Waals surface area contributed by atoms with Crippen molar-refractivity contribution in [3.8, 4) is 5.75 Å². The minimum absolute atomic E-state index is 0.00234. The molecule has 0 saturated carbocycles. The number of ether oxygens (including phenoxy) is 1. The van der Waals surface area contributed by atoms with E-state index in [1.165, 1.54) is 12.1 Å². The SMILES string of the molecule is CCOc1ccc(NC(=O)c2cccc3c2NC(c2ccc(F)cc2)C2CC=CC32)cc1. The number of carbonyl (C=O) groups excluding carboxylic acids is 1. The molecule has 0 radical (unpaired) electrons. The minimum atomic E-state index is -0.249. The van der Waals surface area contributed by atoms with Gasteiger partial charge in [-0.2, -0.15) is 0 Å². The number of amides is 1. The lowest BCUT2D eigenvalue weighted by Gasteiger charge is -2.38. The lowest BCUT2D eigenvalue weighted by atomic mass is 9.76.